The highest BCUT2D eigenvalue weighted by molar-refractivity contribution is 5.95. The van der Waals surface area contributed by atoms with Gasteiger partial charge in [0.05, 0.1) is 23.5 Å². The number of H-pyrrole nitrogens is 1. The van der Waals surface area contributed by atoms with Crippen LogP contribution in [0.2, 0.25) is 0 Å². The second kappa shape index (κ2) is 10.7. The van der Waals surface area contributed by atoms with Crippen LogP contribution in [0, 0.1) is 5.92 Å². The van der Waals surface area contributed by atoms with E-state index in [9.17, 15) is 18.0 Å². The smallest absolute Gasteiger partial charge is 0.396 e. The Morgan fingerprint density at radius 3 is 2.69 bits per heavy atom. The van der Waals surface area contributed by atoms with E-state index in [1.807, 2.05) is 0 Å². The zero-order valence-corrected chi connectivity index (χ0v) is 19.7. The number of rotatable bonds is 8. The Morgan fingerprint density at radius 1 is 1.25 bits per heavy atom. The molecule has 1 amide bonds. The Morgan fingerprint density at radius 2 is 2.00 bits per heavy atom. The molecule has 1 fully saturated rings. The lowest BCUT2D eigenvalue weighted by atomic mass is 9.96. The maximum absolute atomic E-state index is 13.2. The van der Waals surface area contributed by atoms with Gasteiger partial charge < -0.3 is 32.4 Å². The average molecular weight is 506 g/mol. The molecule has 0 bridgehead atoms. The molecule has 0 aliphatic carbocycles. The number of nitrogens with one attached hydrogen (secondary N) is 2. The van der Waals surface area contributed by atoms with Gasteiger partial charge in [0, 0.05) is 43.0 Å². The highest BCUT2D eigenvalue weighted by atomic mass is 19.4. The number of aromatic nitrogens is 4. The highest BCUT2D eigenvalue weighted by Crippen LogP contribution is 2.35. The Labute approximate surface area is 205 Å². The number of carbonyl (C=O) groups is 1. The molecule has 8 N–H and O–H groups in total. The van der Waals surface area contributed by atoms with Crippen LogP contribution in [-0.2, 0) is 11.0 Å². The lowest BCUT2D eigenvalue weighted by Crippen LogP contribution is -2.47. The summed E-state index contributed by atoms with van der Waals surface area (Å²) < 4.78 is 39.6. The van der Waals surface area contributed by atoms with E-state index in [2.05, 4.69) is 25.3 Å². The first-order valence-electron chi connectivity index (χ1n) is 11.8. The maximum atomic E-state index is 13.2. The zero-order chi connectivity index (χ0) is 25.9. The number of piperidine rings is 1. The summed E-state index contributed by atoms with van der Waals surface area (Å²) in [7, 11) is 0. The van der Waals surface area contributed by atoms with Crippen LogP contribution in [0.3, 0.4) is 0 Å². The van der Waals surface area contributed by atoms with E-state index in [0.717, 1.165) is 31.5 Å². The van der Waals surface area contributed by atoms with Gasteiger partial charge in [-0.15, -0.1) is 0 Å². The predicted octanol–water partition coefficient (Wildman–Crippen LogP) is 2.34. The first-order chi connectivity index (χ1) is 17.2. The fourth-order valence-corrected chi connectivity index (χ4v) is 4.34. The Kier molecular flexibility index (Phi) is 7.59. The molecule has 4 heterocycles. The Hall–Kier alpha value is -3.45. The minimum Gasteiger partial charge on any atom is -0.396 e. The number of fused-ring (bicyclic) bond motifs is 1. The zero-order valence-electron chi connectivity index (χ0n) is 19.7. The summed E-state index contributed by atoms with van der Waals surface area (Å²) in [5.74, 6) is 0.574. The van der Waals surface area contributed by atoms with Crippen molar-refractivity contribution in [3.63, 3.8) is 0 Å². The van der Waals surface area contributed by atoms with Crippen LogP contribution in [-0.4, -0.2) is 63.0 Å². The van der Waals surface area contributed by atoms with Crippen LogP contribution in [0.15, 0.2) is 24.7 Å². The van der Waals surface area contributed by atoms with Gasteiger partial charge in [-0.25, -0.2) is 15.0 Å². The number of nitrogens with zero attached hydrogens (tertiary/aromatic N) is 4. The van der Waals surface area contributed by atoms with Crippen LogP contribution in [0.25, 0.3) is 22.3 Å². The summed E-state index contributed by atoms with van der Waals surface area (Å²) in [6.07, 6.45) is 2.13. The lowest BCUT2D eigenvalue weighted by Gasteiger charge is -2.33. The highest BCUT2D eigenvalue weighted by Gasteiger charge is 2.32. The third-order valence-corrected chi connectivity index (χ3v) is 6.44. The van der Waals surface area contributed by atoms with Gasteiger partial charge >= 0.3 is 6.18 Å². The summed E-state index contributed by atoms with van der Waals surface area (Å²) in [4.78, 5) is 29.7. The first-order valence-corrected chi connectivity index (χ1v) is 11.8. The largest absolute Gasteiger partial charge is 0.417 e. The summed E-state index contributed by atoms with van der Waals surface area (Å²) in [6, 6.07) is 0.511. The van der Waals surface area contributed by atoms with Gasteiger partial charge in [-0.3, -0.25) is 4.79 Å². The summed E-state index contributed by atoms with van der Waals surface area (Å²) >= 11 is 0. The van der Waals surface area contributed by atoms with Crippen molar-refractivity contribution in [2.75, 3.05) is 37.2 Å². The number of likely N-dealkylation sites (tertiary alicyclic amines) is 1. The van der Waals surface area contributed by atoms with Gasteiger partial charge in [0.25, 0.3) is 0 Å². The van der Waals surface area contributed by atoms with Gasteiger partial charge in [0.15, 0.2) is 0 Å². The molecule has 3 aromatic rings. The van der Waals surface area contributed by atoms with Crippen LogP contribution in [0.5, 0.6) is 0 Å². The number of nitrogens with two attached hydrogens (primary N) is 3. The van der Waals surface area contributed by atoms with E-state index in [1.54, 1.807) is 4.90 Å². The van der Waals surface area contributed by atoms with Crippen LogP contribution in [0.4, 0.5) is 24.8 Å². The van der Waals surface area contributed by atoms with Crippen molar-refractivity contribution in [3.05, 3.63) is 30.2 Å². The third-order valence-electron chi connectivity index (χ3n) is 6.44. The Balaban J connectivity index is 1.41. The standard InChI is InChI=1S/C23H30F3N9O/c24-23(25,26)14-8-15-16(11-31-20(15)30-10-14)19-18(29)12-33-22(34-19)32-9-13-3-6-35(7-4-13)21(36)17(28)2-1-5-27/h8,10-13,17H,1-7,9,27-29H2,(H,30,31)(H,32,33,34). The van der Waals surface area contributed by atoms with Crippen molar-refractivity contribution >= 4 is 28.6 Å². The van der Waals surface area contributed by atoms with Crippen LogP contribution in [0.1, 0.15) is 31.2 Å². The number of halogens is 3. The third kappa shape index (κ3) is 5.68. The summed E-state index contributed by atoms with van der Waals surface area (Å²) in [5.41, 5.74) is 17.9. The molecule has 4 rings (SSSR count). The second-order valence-corrected chi connectivity index (χ2v) is 9.00. The van der Waals surface area contributed by atoms with E-state index in [0.29, 0.717) is 61.4 Å². The topological polar surface area (TPSA) is 165 Å². The molecule has 36 heavy (non-hydrogen) atoms. The summed E-state index contributed by atoms with van der Waals surface area (Å²) in [5, 5.41) is 3.46. The van der Waals surface area contributed by atoms with E-state index < -0.39 is 17.8 Å². The summed E-state index contributed by atoms with van der Waals surface area (Å²) in [6.45, 7) is 2.34. The maximum Gasteiger partial charge on any atom is 0.417 e. The number of alkyl halides is 3. The van der Waals surface area contributed by atoms with Gasteiger partial charge in [0.2, 0.25) is 11.9 Å². The number of hydrogen-bond acceptors (Lipinski definition) is 8. The molecule has 1 aliphatic heterocycles. The Bertz CT molecular complexity index is 1210. The number of amides is 1. The molecular weight excluding hydrogens is 475 g/mol. The molecule has 10 nitrogen and oxygen atoms in total. The predicted molar refractivity (Wildman–Crippen MR) is 131 cm³/mol. The molecule has 1 saturated heterocycles. The molecule has 13 heteroatoms. The molecular formula is C23H30F3N9O. The molecule has 194 valence electrons. The SMILES string of the molecule is NCCCC(N)C(=O)N1CCC(CNc2ncc(N)c(-c3c[nH]c4ncc(C(F)(F)F)cc34)n2)CC1. The molecule has 1 atom stereocenters. The van der Waals surface area contributed by atoms with Crippen molar-refractivity contribution in [2.24, 2.45) is 17.4 Å². The molecule has 0 spiro atoms. The molecule has 0 saturated carbocycles. The van der Waals surface area contributed by atoms with Crippen molar-refractivity contribution in [1.29, 1.82) is 0 Å². The number of aromatic amines is 1. The van der Waals surface area contributed by atoms with Crippen molar-refractivity contribution in [3.8, 4) is 11.3 Å². The van der Waals surface area contributed by atoms with E-state index in [-0.39, 0.29) is 17.0 Å². The number of pyridine rings is 1. The molecule has 0 radical (unpaired) electrons. The number of carbonyl (C=O) groups excluding carboxylic acids is 1. The minimum absolute atomic E-state index is 0.0386. The van der Waals surface area contributed by atoms with Crippen molar-refractivity contribution in [2.45, 2.75) is 37.9 Å². The van der Waals surface area contributed by atoms with Crippen LogP contribution >= 0.6 is 0 Å². The normalized spacial score (nSPS) is 15.9. The fraction of sp³-hybridized carbons (Fsp3) is 0.478. The van der Waals surface area contributed by atoms with Gasteiger partial charge in [-0.05, 0) is 44.2 Å². The van der Waals surface area contributed by atoms with Crippen LogP contribution < -0.4 is 22.5 Å². The number of hydrogen-bond donors (Lipinski definition) is 5. The first kappa shape index (κ1) is 25.6. The average Bonchev–Trinajstić information content (AvgIpc) is 3.29. The monoisotopic (exact) mass is 505 g/mol. The van der Waals surface area contributed by atoms with E-state index >= 15 is 0 Å². The molecule has 1 unspecified atom stereocenters. The lowest BCUT2D eigenvalue weighted by molar-refractivity contribution is -0.137. The quantitative estimate of drug-likeness (QED) is 0.311. The number of anilines is 2. The van der Waals surface area contributed by atoms with E-state index in [4.69, 9.17) is 17.2 Å². The molecule has 1 aliphatic rings. The minimum atomic E-state index is -4.52. The van der Waals surface area contributed by atoms with Gasteiger partial charge in [0.1, 0.15) is 11.3 Å². The van der Waals surface area contributed by atoms with E-state index in [1.165, 1.54) is 12.4 Å². The molecule has 0 aromatic carbocycles. The number of nitrogen functional groups attached to an aromatic ring is 1. The van der Waals surface area contributed by atoms with Crippen molar-refractivity contribution < 1.29 is 18.0 Å². The second-order valence-electron chi connectivity index (χ2n) is 9.00. The van der Waals surface area contributed by atoms with Gasteiger partial charge in [-0.1, -0.05) is 0 Å². The van der Waals surface area contributed by atoms with Crippen molar-refractivity contribution in [1.82, 2.24) is 24.8 Å². The molecule has 3 aromatic heterocycles. The van der Waals surface area contributed by atoms with Gasteiger partial charge in [-0.2, -0.15) is 13.2 Å². The fourth-order valence-electron chi connectivity index (χ4n) is 4.34.